The van der Waals surface area contributed by atoms with Gasteiger partial charge in [-0.25, -0.2) is 10.6 Å². The highest BCUT2D eigenvalue weighted by Gasteiger charge is 2.39. The Morgan fingerprint density at radius 3 is 2.31 bits per heavy atom. The minimum atomic E-state index is -2.10. The van der Waals surface area contributed by atoms with Gasteiger partial charge in [-0.15, -0.1) is 0 Å². The fraction of sp³-hybridized carbons (Fsp3) is 0.250. The van der Waals surface area contributed by atoms with Gasteiger partial charge in [0, 0.05) is 6.07 Å². The number of nitrogens with two attached hydrogens (primary N) is 2. The Morgan fingerprint density at radius 1 is 1.23 bits per heavy atom. The number of nitro benzene ring substituents is 2. The maximum atomic E-state index is 12.0. The van der Waals surface area contributed by atoms with Crippen molar-refractivity contribution in [2.45, 2.75) is 6.04 Å². The normalized spacial score (nSPS) is 11.3. The first-order valence-electron chi connectivity index (χ1n) is 6.79. The molecule has 0 saturated heterocycles. The van der Waals surface area contributed by atoms with Gasteiger partial charge in [0.15, 0.2) is 6.04 Å². The largest absolute Gasteiger partial charge is 0.479 e. The predicted octanol–water partition coefficient (Wildman–Crippen LogP) is -1.59. The molecule has 0 fully saturated rings. The molecule has 14 nitrogen and oxygen atoms in total. The van der Waals surface area contributed by atoms with E-state index >= 15 is 0 Å². The number of hydrogen-bond donors (Lipinski definition) is 4. The first-order valence-corrected chi connectivity index (χ1v) is 6.79. The zero-order valence-corrected chi connectivity index (χ0v) is 13.0. The zero-order chi connectivity index (χ0) is 20.0. The Labute approximate surface area is 144 Å². The predicted molar refractivity (Wildman–Crippen MR) is 83.2 cm³/mol. The second-order valence-corrected chi connectivity index (χ2v) is 4.75. The number of carboxylic acids is 1. The molecule has 140 valence electrons. The van der Waals surface area contributed by atoms with Crippen LogP contribution in [0.2, 0.25) is 0 Å². The number of carboxylic acid groups (broad SMARTS) is 1. The molecule has 0 heterocycles. The summed E-state index contributed by atoms with van der Waals surface area (Å²) in [6.07, 6.45) is 0. The van der Waals surface area contributed by atoms with Crippen LogP contribution in [0.15, 0.2) is 18.2 Å². The second-order valence-electron chi connectivity index (χ2n) is 4.75. The maximum absolute atomic E-state index is 12.0. The molecule has 14 heteroatoms. The number of hydrogen-bond acceptors (Lipinski definition) is 9. The topological polar surface area (TPSA) is 225 Å². The van der Waals surface area contributed by atoms with Crippen molar-refractivity contribution >= 4 is 29.2 Å². The van der Waals surface area contributed by atoms with Crippen molar-refractivity contribution < 1.29 is 29.3 Å². The minimum absolute atomic E-state index is 0.130. The van der Waals surface area contributed by atoms with Crippen molar-refractivity contribution in [1.29, 1.82) is 0 Å². The Morgan fingerprint density at radius 2 is 1.85 bits per heavy atom. The lowest BCUT2D eigenvalue weighted by atomic mass is 10.0. The molecule has 0 aliphatic rings. The van der Waals surface area contributed by atoms with E-state index in [1.807, 2.05) is 0 Å². The average molecular weight is 370 g/mol. The Hall–Kier alpha value is -3.65. The fourth-order valence-corrected chi connectivity index (χ4v) is 2.00. The van der Waals surface area contributed by atoms with Crippen LogP contribution in [0.5, 0.6) is 0 Å². The smallest absolute Gasteiger partial charge is 0.351 e. The van der Waals surface area contributed by atoms with E-state index in [9.17, 15) is 39.7 Å². The quantitative estimate of drug-likeness (QED) is 0.177. The molecule has 1 aromatic carbocycles. The van der Waals surface area contributed by atoms with E-state index in [1.165, 1.54) is 0 Å². The van der Waals surface area contributed by atoms with E-state index in [-0.39, 0.29) is 5.01 Å². The average Bonchev–Trinajstić information content (AvgIpc) is 2.58. The molecule has 0 saturated carbocycles. The lowest BCUT2D eigenvalue weighted by Gasteiger charge is -2.24. The molecule has 1 aromatic rings. The van der Waals surface area contributed by atoms with Crippen LogP contribution in [0.4, 0.5) is 11.4 Å². The number of para-hydroxylation sites is 1. The first-order chi connectivity index (χ1) is 12.1. The molecule has 1 unspecified atom stereocenters. The van der Waals surface area contributed by atoms with Gasteiger partial charge in [0.1, 0.15) is 0 Å². The second kappa shape index (κ2) is 8.45. The number of benzene rings is 1. The zero-order valence-electron chi connectivity index (χ0n) is 13.0. The molecule has 6 N–H and O–H groups in total. The maximum Gasteiger partial charge on any atom is 0.351 e. The summed E-state index contributed by atoms with van der Waals surface area (Å²) in [6, 6.07) is 0.656. The van der Waals surface area contributed by atoms with Gasteiger partial charge in [-0.3, -0.25) is 34.8 Å². The number of amides is 2. The van der Waals surface area contributed by atoms with Crippen LogP contribution in [-0.2, 0) is 14.4 Å². The monoisotopic (exact) mass is 370 g/mol. The van der Waals surface area contributed by atoms with Gasteiger partial charge >= 0.3 is 17.3 Å². The van der Waals surface area contributed by atoms with E-state index in [1.54, 1.807) is 0 Å². The summed E-state index contributed by atoms with van der Waals surface area (Å²) in [6.45, 7) is -1.16. The van der Waals surface area contributed by atoms with Gasteiger partial charge in [0.05, 0.1) is 28.5 Å². The Kier molecular flexibility index (Phi) is 6.63. The molecule has 0 aliphatic heterocycles. The third kappa shape index (κ3) is 4.46. The molecule has 1 rings (SSSR count). The first kappa shape index (κ1) is 20.4. The Bertz CT molecular complexity index is 766. The lowest BCUT2D eigenvalue weighted by molar-refractivity contribution is -0.423. The van der Waals surface area contributed by atoms with Gasteiger partial charge in [-0.2, -0.15) is 0 Å². The van der Waals surface area contributed by atoms with Crippen LogP contribution >= 0.6 is 0 Å². The standard InChI is InChI=1S/C12H14N6O8/c13-4-8(19)15-5-9(20)16(14)11(12(21)22)6-2-1-3-7(17(23)24)10(6)18(25)26/h1-3,11H,4-5,13-14H2,(H,15,19)(H,21,22). The lowest BCUT2D eigenvalue weighted by Crippen LogP contribution is -2.49. The van der Waals surface area contributed by atoms with E-state index in [4.69, 9.17) is 11.6 Å². The molecule has 0 aromatic heterocycles. The van der Waals surface area contributed by atoms with Crippen LogP contribution in [-0.4, -0.2) is 50.8 Å². The molecular weight excluding hydrogens is 356 g/mol. The van der Waals surface area contributed by atoms with Crippen molar-refractivity contribution in [3.63, 3.8) is 0 Å². The van der Waals surface area contributed by atoms with Crippen LogP contribution in [0.25, 0.3) is 0 Å². The van der Waals surface area contributed by atoms with Gasteiger partial charge in [-0.1, -0.05) is 6.07 Å². The summed E-state index contributed by atoms with van der Waals surface area (Å²) in [5, 5.41) is 33.7. The van der Waals surface area contributed by atoms with Crippen molar-refractivity contribution in [3.8, 4) is 0 Å². The number of nitrogens with one attached hydrogen (secondary N) is 1. The highest BCUT2D eigenvalue weighted by atomic mass is 16.6. The summed E-state index contributed by atoms with van der Waals surface area (Å²) in [7, 11) is 0. The molecule has 0 spiro atoms. The molecule has 0 aliphatic carbocycles. The molecule has 0 bridgehead atoms. The highest BCUT2D eigenvalue weighted by molar-refractivity contribution is 5.89. The van der Waals surface area contributed by atoms with E-state index in [2.05, 4.69) is 5.32 Å². The van der Waals surface area contributed by atoms with Gasteiger partial charge < -0.3 is 16.2 Å². The SMILES string of the molecule is NCC(=O)NCC(=O)N(N)C(C(=O)O)c1cccc([N+](=O)[O-])c1[N+](=O)[O-]. The minimum Gasteiger partial charge on any atom is -0.479 e. The van der Waals surface area contributed by atoms with Crippen molar-refractivity contribution in [2.75, 3.05) is 13.1 Å². The molecule has 0 radical (unpaired) electrons. The third-order valence-corrected chi connectivity index (χ3v) is 3.14. The molecule has 2 amide bonds. The summed E-state index contributed by atoms with van der Waals surface area (Å²) < 4.78 is 0. The molecule has 1 atom stereocenters. The Balaban J connectivity index is 3.34. The van der Waals surface area contributed by atoms with Gasteiger partial charge in [0.2, 0.25) is 5.91 Å². The van der Waals surface area contributed by atoms with E-state index in [0.717, 1.165) is 18.2 Å². The summed E-state index contributed by atoms with van der Waals surface area (Å²) in [5.41, 5.74) is 2.29. The van der Waals surface area contributed by atoms with E-state index in [0.29, 0.717) is 0 Å². The highest BCUT2D eigenvalue weighted by Crippen LogP contribution is 2.35. The van der Waals surface area contributed by atoms with Gasteiger partial charge in [-0.05, 0) is 6.07 Å². The van der Waals surface area contributed by atoms with Gasteiger partial charge in [0.25, 0.3) is 5.91 Å². The fourth-order valence-electron chi connectivity index (χ4n) is 2.00. The molecular formula is C12H14N6O8. The van der Waals surface area contributed by atoms with Crippen LogP contribution < -0.4 is 16.9 Å². The number of hydrazine groups is 1. The number of carbonyl (C=O) groups excluding carboxylic acids is 2. The number of carbonyl (C=O) groups is 3. The van der Waals surface area contributed by atoms with Crippen LogP contribution in [0, 0.1) is 20.2 Å². The summed E-state index contributed by atoms with van der Waals surface area (Å²) in [5.74, 6) is 1.84. The van der Waals surface area contributed by atoms with Crippen molar-refractivity contribution in [3.05, 3.63) is 44.0 Å². The summed E-state index contributed by atoms with van der Waals surface area (Å²) in [4.78, 5) is 54.5. The molecule has 26 heavy (non-hydrogen) atoms. The van der Waals surface area contributed by atoms with E-state index < -0.39 is 63.7 Å². The number of rotatable bonds is 8. The number of nitro groups is 2. The van der Waals surface area contributed by atoms with Crippen molar-refractivity contribution in [2.24, 2.45) is 11.6 Å². The number of aliphatic carboxylic acids is 1. The third-order valence-electron chi connectivity index (χ3n) is 3.14. The van der Waals surface area contributed by atoms with Crippen LogP contribution in [0.1, 0.15) is 11.6 Å². The summed E-state index contributed by atoms with van der Waals surface area (Å²) >= 11 is 0. The number of nitrogens with zero attached hydrogens (tertiary/aromatic N) is 3. The van der Waals surface area contributed by atoms with Crippen LogP contribution in [0.3, 0.4) is 0 Å². The van der Waals surface area contributed by atoms with Crippen molar-refractivity contribution in [1.82, 2.24) is 10.3 Å².